The van der Waals surface area contributed by atoms with Crippen molar-refractivity contribution in [1.82, 2.24) is 10.3 Å². The van der Waals surface area contributed by atoms with Crippen molar-refractivity contribution in [2.75, 3.05) is 26.8 Å². The first-order chi connectivity index (χ1) is 8.90. The molecule has 0 saturated heterocycles. The van der Waals surface area contributed by atoms with E-state index in [2.05, 4.69) is 34.6 Å². The van der Waals surface area contributed by atoms with Gasteiger partial charge in [0.25, 0.3) is 0 Å². The molecule has 0 aliphatic rings. The van der Waals surface area contributed by atoms with Gasteiger partial charge in [-0.3, -0.25) is 4.98 Å². The van der Waals surface area contributed by atoms with Crippen LogP contribution in [-0.4, -0.2) is 31.8 Å². The van der Waals surface area contributed by atoms with Gasteiger partial charge >= 0.3 is 0 Å². The monoisotopic (exact) mass is 244 g/mol. The molecule has 0 aliphatic carbocycles. The molecule has 0 atom stereocenters. The summed E-state index contributed by atoms with van der Waals surface area (Å²) in [5, 5.41) is 4.56. The number of aromatic nitrogens is 1. The summed E-state index contributed by atoms with van der Waals surface area (Å²) in [6.45, 7) is 2.74. The molecule has 2 rings (SSSR count). The van der Waals surface area contributed by atoms with Gasteiger partial charge in [0, 0.05) is 25.2 Å². The van der Waals surface area contributed by atoms with Crippen LogP contribution in [0.3, 0.4) is 0 Å². The number of nitrogens with zero attached hydrogens (tertiary/aromatic N) is 1. The van der Waals surface area contributed by atoms with Crippen molar-refractivity contribution >= 4 is 10.9 Å². The van der Waals surface area contributed by atoms with Crippen LogP contribution in [0.4, 0.5) is 0 Å². The zero-order chi connectivity index (χ0) is 12.6. The van der Waals surface area contributed by atoms with E-state index < -0.39 is 0 Å². The second-order valence-electron chi connectivity index (χ2n) is 4.38. The molecule has 2 aromatic rings. The van der Waals surface area contributed by atoms with Crippen molar-refractivity contribution < 1.29 is 4.74 Å². The minimum Gasteiger partial charge on any atom is -0.383 e. The van der Waals surface area contributed by atoms with Gasteiger partial charge in [0.15, 0.2) is 0 Å². The number of hydrogen-bond acceptors (Lipinski definition) is 3. The first-order valence-electron chi connectivity index (χ1n) is 6.43. The summed E-state index contributed by atoms with van der Waals surface area (Å²) in [4.78, 5) is 4.38. The van der Waals surface area contributed by atoms with Crippen molar-refractivity contribution in [2.45, 2.75) is 12.8 Å². The number of aryl methyl sites for hydroxylation is 1. The van der Waals surface area contributed by atoms with Crippen molar-refractivity contribution in [3.63, 3.8) is 0 Å². The Bertz CT molecular complexity index is 485. The van der Waals surface area contributed by atoms with Gasteiger partial charge < -0.3 is 10.1 Å². The third kappa shape index (κ3) is 3.79. The largest absolute Gasteiger partial charge is 0.383 e. The smallest absolute Gasteiger partial charge is 0.0704 e. The zero-order valence-corrected chi connectivity index (χ0v) is 10.9. The van der Waals surface area contributed by atoms with E-state index in [-0.39, 0.29) is 0 Å². The number of pyridine rings is 1. The molecule has 1 heterocycles. The number of fused-ring (bicyclic) bond motifs is 1. The lowest BCUT2D eigenvalue weighted by molar-refractivity contribution is 0.199. The number of rotatable bonds is 7. The predicted octanol–water partition coefficient (Wildman–Crippen LogP) is 2.40. The summed E-state index contributed by atoms with van der Waals surface area (Å²) in [6, 6.07) is 10.6. The van der Waals surface area contributed by atoms with E-state index in [4.69, 9.17) is 4.74 Å². The Morgan fingerprint density at radius 1 is 1.22 bits per heavy atom. The highest BCUT2D eigenvalue weighted by molar-refractivity contribution is 5.78. The quantitative estimate of drug-likeness (QED) is 0.759. The number of ether oxygens (including phenoxy) is 1. The lowest BCUT2D eigenvalue weighted by Crippen LogP contribution is -2.20. The van der Waals surface area contributed by atoms with E-state index in [1.165, 1.54) is 10.9 Å². The molecule has 96 valence electrons. The summed E-state index contributed by atoms with van der Waals surface area (Å²) < 4.78 is 4.98. The number of hydrogen-bond donors (Lipinski definition) is 1. The molecule has 0 saturated carbocycles. The SMILES string of the molecule is COCCNCCCc1ccc2cccnc2c1. The fraction of sp³-hybridized carbons (Fsp3) is 0.400. The van der Waals surface area contributed by atoms with Crippen molar-refractivity contribution in [1.29, 1.82) is 0 Å². The van der Waals surface area contributed by atoms with Gasteiger partial charge in [0.05, 0.1) is 12.1 Å². The maximum Gasteiger partial charge on any atom is 0.0704 e. The first kappa shape index (κ1) is 13.0. The maximum atomic E-state index is 4.98. The normalized spacial score (nSPS) is 10.9. The number of methoxy groups -OCH3 is 1. The van der Waals surface area contributed by atoms with Crippen LogP contribution in [0.1, 0.15) is 12.0 Å². The summed E-state index contributed by atoms with van der Waals surface area (Å²) in [5.41, 5.74) is 2.44. The molecule has 0 fully saturated rings. The third-order valence-corrected chi connectivity index (χ3v) is 2.97. The molecule has 1 aromatic heterocycles. The fourth-order valence-electron chi connectivity index (χ4n) is 1.98. The Balaban J connectivity index is 1.81. The summed E-state index contributed by atoms with van der Waals surface area (Å²) >= 11 is 0. The highest BCUT2D eigenvalue weighted by Gasteiger charge is 1.97. The van der Waals surface area contributed by atoms with Crippen LogP contribution in [0.25, 0.3) is 10.9 Å². The molecule has 0 spiro atoms. The number of benzene rings is 1. The molecular formula is C15H20N2O. The van der Waals surface area contributed by atoms with Crippen LogP contribution < -0.4 is 5.32 Å². The van der Waals surface area contributed by atoms with Crippen molar-refractivity contribution in [3.05, 3.63) is 42.1 Å². The third-order valence-electron chi connectivity index (χ3n) is 2.97. The molecule has 0 aliphatic heterocycles. The van der Waals surface area contributed by atoms with Gasteiger partial charge in [-0.05, 0) is 37.1 Å². The molecule has 0 bridgehead atoms. The van der Waals surface area contributed by atoms with Crippen LogP contribution in [0, 0.1) is 0 Å². The summed E-state index contributed by atoms with van der Waals surface area (Å²) in [5.74, 6) is 0. The Hall–Kier alpha value is -1.45. The van der Waals surface area contributed by atoms with Gasteiger partial charge in [-0.25, -0.2) is 0 Å². The Kier molecular flexibility index (Phi) is 5.12. The van der Waals surface area contributed by atoms with Crippen LogP contribution >= 0.6 is 0 Å². The summed E-state index contributed by atoms with van der Waals surface area (Å²) in [7, 11) is 1.73. The molecule has 3 heteroatoms. The lowest BCUT2D eigenvalue weighted by atomic mass is 10.1. The van der Waals surface area contributed by atoms with Crippen LogP contribution in [0.15, 0.2) is 36.5 Å². The van der Waals surface area contributed by atoms with E-state index in [1.807, 2.05) is 12.3 Å². The Labute approximate surface area is 108 Å². The van der Waals surface area contributed by atoms with Gasteiger partial charge in [-0.15, -0.1) is 0 Å². The fourth-order valence-corrected chi connectivity index (χ4v) is 1.98. The molecule has 18 heavy (non-hydrogen) atoms. The maximum absolute atomic E-state index is 4.98. The van der Waals surface area contributed by atoms with E-state index >= 15 is 0 Å². The van der Waals surface area contributed by atoms with Gasteiger partial charge in [-0.2, -0.15) is 0 Å². The average Bonchev–Trinajstić information content (AvgIpc) is 2.42. The van der Waals surface area contributed by atoms with E-state index in [0.717, 1.165) is 38.1 Å². The Morgan fingerprint density at radius 2 is 2.17 bits per heavy atom. The molecular weight excluding hydrogens is 224 g/mol. The second kappa shape index (κ2) is 7.09. The zero-order valence-electron chi connectivity index (χ0n) is 10.9. The lowest BCUT2D eigenvalue weighted by Gasteiger charge is -2.05. The highest BCUT2D eigenvalue weighted by atomic mass is 16.5. The van der Waals surface area contributed by atoms with Crippen LogP contribution in [0.2, 0.25) is 0 Å². The second-order valence-corrected chi connectivity index (χ2v) is 4.38. The van der Waals surface area contributed by atoms with Gasteiger partial charge in [-0.1, -0.05) is 18.2 Å². The van der Waals surface area contributed by atoms with Crippen molar-refractivity contribution in [3.8, 4) is 0 Å². The minimum absolute atomic E-state index is 0.778. The summed E-state index contributed by atoms with van der Waals surface area (Å²) in [6.07, 6.45) is 4.08. The average molecular weight is 244 g/mol. The van der Waals surface area contributed by atoms with Gasteiger partial charge in [0.2, 0.25) is 0 Å². The van der Waals surface area contributed by atoms with Crippen molar-refractivity contribution in [2.24, 2.45) is 0 Å². The number of nitrogens with one attached hydrogen (secondary N) is 1. The Morgan fingerprint density at radius 3 is 3.06 bits per heavy atom. The first-order valence-corrected chi connectivity index (χ1v) is 6.43. The van der Waals surface area contributed by atoms with Crippen LogP contribution in [0.5, 0.6) is 0 Å². The molecule has 0 amide bonds. The topological polar surface area (TPSA) is 34.1 Å². The highest BCUT2D eigenvalue weighted by Crippen LogP contribution is 2.14. The predicted molar refractivity (Wildman–Crippen MR) is 74.8 cm³/mol. The molecule has 1 aromatic carbocycles. The minimum atomic E-state index is 0.778. The van der Waals surface area contributed by atoms with Crippen LogP contribution in [-0.2, 0) is 11.2 Å². The van der Waals surface area contributed by atoms with E-state index in [0.29, 0.717) is 0 Å². The van der Waals surface area contributed by atoms with Gasteiger partial charge in [0.1, 0.15) is 0 Å². The molecule has 3 nitrogen and oxygen atoms in total. The van der Waals surface area contributed by atoms with E-state index in [1.54, 1.807) is 7.11 Å². The molecule has 1 N–H and O–H groups in total. The molecule has 0 unspecified atom stereocenters. The molecule has 0 radical (unpaired) electrons. The standard InChI is InChI=1S/C15H20N2O/c1-18-11-10-16-8-2-4-13-6-7-14-5-3-9-17-15(14)12-13/h3,5-7,9,12,16H,2,4,8,10-11H2,1H3. The van der Waals surface area contributed by atoms with E-state index in [9.17, 15) is 0 Å².